The van der Waals surface area contributed by atoms with E-state index in [4.69, 9.17) is 20.4 Å². The predicted molar refractivity (Wildman–Crippen MR) is 84.1 cm³/mol. The molecule has 0 radical (unpaired) electrons. The van der Waals surface area contributed by atoms with Crippen LogP contribution in [0.25, 0.3) is 0 Å². The molecule has 0 fully saturated rings. The highest BCUT2D eigenvalue weighted by Gasteiger charge is 2.01. The van der Waals surface area contributed by atoms with Gasteiger partial charge in [0.1, 0.15) is 5.75 Å². The van der Waals surface area contributed by atoms with E-state index >= 15 is 0 Å². The Balaban J connectivity index is 2.29. The van der Waals surface area contributed by atoms with Crippen molar-refractivity contribution in [2.45, 2.75) is 6.92 Å². The molecule has 0 saturated heterocycles. The zero-order valence-electron chi connectivity index (χ0n) is 11.6. The van der Waals surface area contributed by atoms with Crippen molar-refractivity contribution in [1.82, 2.24) is 0 Å². The van der Waals surface area contributed by atoms with Gasteiger partial charge in [0.15, 0.2) is 5.75 Å². The van der Waals surface area contributed by atoms with Crippen LogP contribution in [-0.2, 0) is 4.33 Å². The highest BCUT2D eigenvalue weighted by Crippen LogP contribution is 2.23. The molecule has 1 aromatic carbocycles. The molecule has 0 bridgehead atoms. The van der Waals surface area contributed by atoms with Crippen molar-refractivity contribution in [2.24, 2.45) is 0 Å². The van der Waals surface area contributed by atoms with E-state index in [0.717, 1.165) is 23.4 Å². The van der Waals surface area contributed by atoms with Crippen molar-refractivity contribution in [2.75, 3.05) is 12.9 Å². The van der Waals surface area contributed by atoms with E-state index in [-0.39, 0.29) is 0 Å². The molecular formula is C17H12O3S. The van der Waals surface area contributed by atoms with E-state index in [1.165, 1.54) is 0 Å². The zero-order chi connectivity index (χ0) is 15.3. The van der Waals surface area contributed by atoms with Crippen molar-refractivity contribution in [3.63, 3.8) is 0 Å². The van der Waals surface area contributed by atoms with Gasteiger partial charge in [-0.1, -0.05) is 5.92 Å². The molecule has 0 saturated carbocycles. The highest BCUT2D eigenvalue weighted by molar-refractivity contribution is 7.94. The molecule has 0 amide bonds. The van der Waals surface area contributed by atoms with Crippen molar-refractivity contribution < 1.29 is 14.0 Å². The highest BCUT2D eigenvalue weighted by atomic mass is 32.2. The standard InChI is InChI=1S/C17H12O3S/c1-4-5-6-7-8-9-10-13-21-20-19-16-11-12-17(18-3)15(2)14-16/h1,11-12,14H,13H2,2-3H3. The Morgan fingerprint density at radius 1 is 1.14 bits per heavy atom. The SMILES string of the molecule is C#CC#CC#CC#CCSOOc1ccc(OC)c(C)c1. The quantitative estimate of drug-likeness (QED) is 0.274. The third-order valence-electron chi connectivity index (χ3n) is 2.09. The van der Waals surface area contributed by atoms with E-state index in [1.807, 2.05) is 19.1 Å². The average molecular weight is 296 g/mol. The van der Waals surface area contributed by atoms with Gasteiger partial charge in [-0.3, -0.25) is 0 Å². The van der Waals surface area contributed by atoms with Crippen LogP contribution < -0.4 is 9.62 Å². The fraction of sp³-hybridized carbons (Fsp3) is 0.176. The molecule has 0 spiro atoms. The first-order chi connectivity index (χ1) is 10.3. The second-order valence-corrected chi connectivity index (χ2v) is 4.15. The van der Waals surface area contributed by atoms with Gasteiger partial charge in [0.05, 0.1) is 24.9 Å². The lowest BCUT2D eigenvalue weighted by atomic mass is 10.2. The molecule has 0 aliphatic rings. The maximum absolute atomic E-state index is 5.15. The van der Waals surface area contributed by atoms with Crippen LogP contribution in [0.4, 0.5) is 0 Å². The van der Waals surface area contributed by atoms with Gasteiger partial charge in [0.2, 0.25) is 0 Å². The molecule has 0 aliphatic heterocycles. The molecule has 104 valence electrons. The van der Waals surface area contributed by atoms with E-state index in [1.54, 1.807) is 13.2 Å². The van der Waals surface area contributed by atoms with E-state index in [2.05, 4.69) is 41.4 Å². The van der Waals surface area contributed by atoms with Gasteiger partial charge in [-0.25, -0.2) is 0 Å². The molecule has 4 heteroatoms. The maximum atomic E-state index is 5.15. The third kappa shape index (κ3) is 6.91. The van der Waals surface area contributed by atoms with Gasteiger partial charge in [0, 0.05) is 0 Å². The summed E-state index contributed by atoms with van der Waals surface area (Å²) in [4.78, 5) is 5.11. The summed E-state index contributed by atoms with van der Waals surface area (Å²) in [5.41, 5.74) is 0.965. The summed E-state index contributed by atoms with van der Waals surface area (Å²) in [6, 6.07) is 5.39. The molecular weight excluding hydrogens is 284 g/mol. The number of aryl methyl sites for hydroxylation is 1. The van der Waals surface area contributed by atoms with Crippen LogP contribution in [0.3, 0.4) is 0 Å². The summed E-state index contributed by atoms with van der Waals surface area (Å²) >= 11 is 1.07. The van der Waals surface area contributed by atoms with Gasteiger partial charge in [-0.15, -0.1) is 10.8 Å². The second kappa shape index (κ2) is 10.2. The number of ether oxygens (including phenoxy) is 1. The molecule has 1 rings (SSSR count). The molecule has 0 aliphatic carbocycles. The van der Waals surface area contributed by atoms with Gasteiger partial charge in [-0.05, 0) is 66.2 Å². The Labute approximate surface area is 129 Å². The van der Waals surface area contributed by atoms with E-state index in [0.29, 0.717) is 11.5 Å². The number of terminal acetylenes is 1. The summed E-state index contributed by atoms with van der Waals surface area (Å²) in [5, 5.41) is 0. The lowest BCUT2D eigenvalue weighted by Gasteiger charge is -2.06. The monoisotopic (exact) mass is 296 g/mol. The van der Waals surface area contributed by atoms with E-state index in [9.17, 15) is 0 Å². The van der Waals surface area contributed by atoms with Crippen molar-refractivity contribution >= 4 is 12.0 Å². The number of hydrogen-bond acceptors (Lipinski definition) is 4. The first-order valence-corrected chi connectivity index (χ1v) is 6.73. The minimum absolute atomic E-state index is 0.423. The number of hydrogen-bond donors (Lipinski definition) is 0. The lowest BCUT2D eigenvalue weighted by molar-refractivity contribution is -0.0774. The molecule has 0 atom stereocenters. The van der Waals surface area contributed by atoms with Crippen LogP contribution in [0, 0.1) is 54.8 Å². The molecule has 0 heterocycles. The number of benzene rings is 1. The van der Waals surface area contributed by atoms with E-state index < -0.39 is 0 Å². The van der Waals surface area contributed by atoms with Crippen molar-refractivity contribution in [3.8, 4) is 59.4 Å². The van der Waals surface area contributed by atoms with Crippen LogP contribution in [-0.4, -0.2) is 12.9 Å². The molecule has 0 N–H and O–H groups in total. The Kier molecular flexibility index (Phi) is 7.97. The molecule has 0 aromatic heterocycles. The number of rotatable bonds is 5. The van der Waals surface area contributed by atoms with Crippen molar-refractivity contribution in [3.05, 3.63) is 23.8 Å². The topological polar surface area (TPSA) is 27.7 Å². The first kappa shape index (κ1) is 16.4. The largest absolute Gasteiger partial charge is 0.496 e. The Hall–Kier alpha value is -2.63. The lowest BCUT2D eigenvalue weighted by Crippen LogP contribution is -1.92. The van der Waals surface area contributed by atoms with Crippen LogP contribution in [0.15, 0.2) is 18.2 Å². The minimum atomic E-state index is 0.423. The average Bonchev–Trinajstić information content (AvgIpc) is 2.49. The Bertz CT molecular complexity index is 697. The summed E-state index contributed by atoms with van der Waals surface area (Å²) in [7, 11) is 1.62. The molecule has 3 nitrogen and oxygen atoms in total. The Morgan fingerprint density at radius 2 is 1.90 bits per heavy atom. The maximum Gasteiger partial charge on any atom is 0.167 e. The zero-order valence-corrected chi connectivity index (χ0v) is 12.5. The van der Waals surface area contributed by atoms with Crippen molar-refractivity contribution in [1.29, 1.82) is 0 Å². The minimum Gasteiger partial charge on any atom is -0.496 e. The summed E-state index contributed by atoms with van der Waals surface area (Å²) in [6.07, 6.45) is 4.93. The van der Waals surface area contributed by atoms with Gasteiger partial charge < -0.3 is 9.62 Å². The fourth-order valence-corrected chi connectivity index (χ4v) is 1.54. The van der Waals surface area contributed by atoms with Gasteiger partial charge >= 0.3 is 0 Å². The predicted octanol–water partition coefficient (Wildman–Crippen LogP) is 2.61. The Morgan fingerprint density at radius 3 is 2.62 bits per heavy atom. The molecule has 0 unspecified atom stereocenters. The first-order valence-electron chi connectivity index (χ1n) is 5.82. The van der Waals surface area contributed by atoms with Crippen LogP contribution >= 0.6 is 12.0 Å². The van der Waals surface area contributed by atoms with Crippen LogP contribution in [0.1, 0.15) is 5.56 Å². The summed E-state index contributed by atoms with van der Waals surface area (Å²) in [5.74, 6) is 19.2. The smallest absolute Gasteiger partial charge is 0.167 e. The fourth-order valence-electron chi connectivity index (χ4n) is 1.23. The number of methoxy groups -OCH3 is 1. The molecule has 1 aromatic rings. The normalized spacial score (nSPS) is 7.86. The second-order valence-electron chi connectivity index (χ2n) is 3.49. The van der Waals surface area contributed by atoms with Crippen LogP contribution in [0.5, 0.6) is 11.5 Å². The summed E-state index contributed by atoms with van der Waals surface area (Å²) in [6.45, 7) is 1.92. The van der Waals surface area contributed by atoms with Gasteiger partial charge in [0.25, 0.3) is 0 Å². The molecule has 21 heavy (non-hydrogen) atoms. The summed E-state index contributed by atoms with van der Waals surface area (Å²) < 4.78 is 10.1. The van der Waals surface area contributed by atoms with Crippen LogP contribution in [0.2, 0.25) is 0 Å². The third-order valence-corrected chi connectivity index (χ3v) is 2.51. The van der Waals surface area contributed by atoms with Gasteiger partial charge in [-0.2, -0.15) is 0 Å².